The molecule has 2 amide bonds. The molecule has 246 valence electrons. The molecule has 4 aromatic carbocycles. The number of sulfonamides is 1. The average Bonchev–Trinajstić information content (AvgIpc) is 3.60. The number of amides is 2. The SMILES string of the molecule is COc1ccccc1N(CC(=O)N(Cc1c(Cl)cccc1Cl)C(Cc1ccccc1)C(=O)NC1CCCC1)S(=O)(=O)c1ccccc1. The first kappa shape index (κ1) is 34.3. The number of carbonyl (C=O) groups excluding carboxylic acids is 2. The minimum Gasteiger partial charge on any atom is -0.495 e. The van der Waals surface area contributed by atoms with Crippen LogP contribution in [0.1, 0.15) is 36.8 Å². The molecule has 0 aliphatic heterocycles. The third kappa shape index (κ3) is 8.27. The Balaban J connectivity index is 1.61. The first-order chi connectivity index (χ1) is 22.7. The summed E-state index contributed by atoms with van der Waals surface area (Å²) in [6, 6.07) is 27.9. The van der Waals surface area contributed by atoms with E-state index in [9.17, 15) is 18.0 Å². The zero-order chi connectivity index (χ0) is 33.4. The third-order valence-electron chi connectivity index (χ3n) is 8.33. The van der Waals surface area contributed by atoms with Crippen LogP contribution in [0.3, 0.4) is 0 Å². The van der Waals surface area contributed by atoms with Gasteiger partial charge in [0, 0.05) is 34.6 Å². The fraction of sp³-hybridized carbons (Fsp3) is 0.278. The molecule has 1 aliphatic rings. The van der Waals surface area contributed by atoms with Crippen molar-refractivity contribution < 1.29 is 22.7 Å². The molecule has 11 heteroatoms. The summed E-state index contributed by atoms with van der Waals surface area (Å²) in [7, 11) is -2.84. The van der Waals surface area contributed by atoms with E-state index in [0.717, 1.165) is 35.6 Å². The molecule has 1 saturated carbocycles. The molecule has 0 heterocycles. The van der Waals surface area contributed by atoms with Gasteiger partial charge in [-0.25, -0.2) is 8.42 Å². The number of para-hydroxylation sites is 2. The van der Waals surface area contributed by atoms with Crippen LogP contribution in [0.15, 0.2) is 108 Å². The monoisotopic (exact) mass is 693 g/mol. The molecule has 0 saturated heterocycles. The predicted molar refractivity (Wildman–Crippen MR) is 185 cm³/mol. The largest absolute Gasteiger partial charge is 0.495 e. The van der Waals surface area contributed by atoms with E-state index >= 15 is 0 Å². The summed E-state index contributed by atoms with van der Waals surface area (Å²) >= 11 is 13.2. The Morgan fingerprint density at radius 2 is 1.45 bits per heavy atom. The van der Waals surface area contributed by atoms with Gasteiger partial charge in [-0.2, -0.15) is 0 Å². The summed E-state index contributed by atoms with van der Waals surface area (Å²) in [5.74, 6) is -0.679. The number of carbonyl (C=O) groups is 2. The first-order valence-electron chi connectivity index (χ1n) is 15.5. The number of anilines is 1. The fourth-order valence-corrected chi connectivity index (χ4v) is 7.81. The Labute approximate surface area is 286 Å². The maximum atomic E-state index is 14.7. The second-order valence-electron chi connectivity index (χ2n) is 11.4. The van der Waals surface area contributed by atoms with Gasteiger partial charge in [-0.1, -0.05) is 103 Å². The van der Waals surface area contributed by atoms with Crippen molar-refractivity contribution in [3.63, 3.8) is 0 Å². The standard InChI is InChI=1S/C36H37Cl2N3O5S/c1-46-34-22-11-10-21-32(34)41(47(44,45)28-17-6-3-7-18-28)25-35(42)40(24-29-30(37)19-12-20-31(29)38)33(23-26-13-4-2-5-14-26)36(43)39-27-15-8-9-16-27/h2-7,10-14,17-22,27,33H,8-9,15-16,23-25H2,1H3,(H,39,43). The van der Waals surface area contributed by atoms with Crippen LogP contribution >= 0.6 is 23.2 Å². The summed E-state index contributed by atoms with van der Waals surface area (Å²) in [4.78, 5) is 30.3. The molecule has 0 bridgehead atoms. The van der Waals surface area contributed by atoms with Crippen molar-refractivity contribution >= 4 is 50.7 Å². The van der Waals surface area contributed by atoms with Crippen molar-refractivity contribution in [2.45, 2.75) is 55.6 Å². The second-order valence-corrected chi connectivity index (χ2v) is 14.1. The van der Waals surface area contributed by atoms with Crippen molar-refractivity contribution in [1.29, 1.82) is 0 Å². The Kier molecular flexibility index (Phi) is 11.4. The molecule has 1 unspecified atom stereocenters. The molecule has 5 rings (SSSR count). The van der Waals surface area contributed by atoms with E-state index < -0.39 is 28.5 Å². The van der Waals surface area contributed by atoms with Gasteiger partial charge >= 0.3 is 0 Å². The van der Waals surface area contributed by atoms with Crippen molar-refractivity contribution in [2.75, 3.05) is 18.0 Å². The maximum Gasteiger partial charge on any atom is 0.264 e. The van der Waals surface area contributed by atoms with Crippen LogP contribution < -0.4 is 14.4 Å². The van der Waals surface area contributed by atoms with E-state index in [0.29, 0.717) is 15.6 Å². The smallest absolute Gasteiger partial charge is 0.264 e. The van der Waals surface area contributed by atoms with E-state index in [1.807, 2.05) is 30.3 Å². The number of methoxy groups -OCH3 is 1. The second kappa shape index (κ2) is 15.7. The Morgan fingerprint density at radius 1 is 0.851 bits per heavy atom. The minimum atomic E-state index is -4.27. The molecule has 0 aromatic heterocycles. The Bertz CT molecular complexity index is 1760. The van der Waals surface area contributed by atoms with E-state index in [2.05, 4.69) is 5.32 Å². The third-order valence-corrected chi connectivity index (χ3v) is 10.8. The van der Waals surface area contributed by atoms with Crippen LogP contribution in [0.5, 0.6) is 5.75 Å². The summed E-state index contributed by atoms with van der Waals surface area (Å²) in [6.07, 6.45) is 3.91. The zero-order valence-corrected chi connectivity index (χ0v) is 28.3. The number of halogens is 2. The highest BCUT2D eigenvalue weighted by Crippen LogP contribution is 2.33. The molecule has 1 aliphatic carbocycles. The van der Waals surface area contributed by atoms with Crippen LogP contribution in [-0.4, -0.2) is 50.9 Å². The molecule has 1 atom stereocenters. The molecule has 0 radical (unpaired) electrons. The van der Waals surface area contributed by atoms with Gasteiger partial charge in [0.25, 0.3) is 10.0 Å². The highest BCUT2D eigenvalue weighted by Gasteiger charge is 2.36. The lowest BCUT2D eigenvalue weighted by Gasteiger charge is -2.35. The number of hydrogen-bond donors (Lipinski definition) is 1. The van der Waals surface area contributed by atoms with Gasteiger partial charge in [-0.3, -0.25) is 13.9 Å². The van der Waals surface area contributed by atoms with Crippen LogP contribution in [0.25, 0.3) is 0 Å². The lowest BCUT2D eigenvalue weighted by atomic mass is 10.0. The zero-order valence-electron chi connectivity index (χ0n) is 26.0. The van der Waals surface area contributed by atoms with E-state index in [1.54, 1.807) is 60.7 Å². The molecule has 1 fully saturated rings. The first-order valence-corrected chi connectivity index (χ1v) is 17.7. The van der Waals surface area contributed by atoms with Gasteiger partial charge in [-0.15, -0.1) is 0 Å². The van der Waals surface area contributed by atoms with Crippen LogP contribution in [0, 0.1) is 0 Å². The van der Waals surface area contributed by atoms with Crippen molar-refractivity contribution in [2.24, 2.45) is 0 Å². The predicted octanol–water partition coefficient (Wildman–Crippen LogP) is 6.90. The van der Waals surface area contributed by atoms with Crippen LogP contribution in [-0.2, 0) is 32.6 Å². The molecule has 47 heavy (non-hydrogen) atoms. The summed E-state index contributed by atoms with van der Waals surface area (Å²) in [5, 5.41) is 3.80. The van der Waals surface area contributed by atoms with Gasteiger partial charge in [0.05, 0.1) is 17.7 Å². The molecule has 8 nitrogen and oxygen atoms in total. The maximum absolute atomic E-state index is 14.7. The molecular formula is C36H37Cl2N3O5S. The van der Waals surface area contributed by atoms with Gasteiger partial charge in [0.1, 0.15) is 18.3 Å². The number of ether oxygens (including phenoxy) is 1. The topological polar surface area (TPSA) is 96.0 Å². The molecule has 4 aromatic rings. The lowest BCUT2D eigenvalue weighted by molar-refractivity contribution is -0.140. The summed E-state index contributed by atoms with van der Waals surface area (Å²) < 4.78 is 35.0. The summed E-state index contributed by atoms with van der Waals surface area (Å²) in [6.45, 7) is -0.750. The minimum absolute atomic E-state index is 0.000726. The Morgan fingerprint density at radius 3 is 2.09 bits per heavy atom. The van der Waals surface area contributed by atoms with Crippen molar-refractivity contribution in [3.05, 3.63) is 124 Å². The Hall–Kier alpha value is -4.05. The van der Waals surface area contributed by atoms with Gasteiger partial charge in [-0.05, 0) is 54.8 Å². The fourth-order valence-electron chi connectivity index (χ4n) is 5.84. The van der Waals surface area contributed by atoms with E-state index in [1.165, 1.54) is 24.1 Å². The van der Waals surface area contributed by atoms with E-state index in [4.69, 9.17) is 27.9 Å². The number of benzene rings is 4. The number of rotatable bonds is 13. The molecular weight excluding hydrogens is 657 g/mol. The highest BCUT2D eigenvalue weighted by molar-refractivity contribution is 7.92. The average molecular weight is 695 g/mol. The van der Waals surface area contributed by atoms with E-state index in [-0.39, 0.29) is 41.2 Å². The van der Waals surface area contributed by atoms with Crippen molar-refractivity contribution in [1.82, 2.24) is 10.2 Å². The van der Waals surface area contributed by atoms with Crippen molar-refractivity contribution in [3.8, 4) is 5.75 Å². The quantitative estimate of drug-likeness (QED) is 0.164. The molecule has 1 N–H and O–H groups in total. The highest BCUT2D eigenvalue weighted by atomic mass is 35.5. The number of nitrogens with zero attached hydrogens (tertiary/aromatic N) is 2. The van der Waals surface area contributed by atoms with Gasteiger partial charge in [0.15, 0.2) is 0 Å². The normalized spacial score (nSPS) is 13.9. The molecule has 0 spiro atoms. The lowest BCUT2D eigenvalue weighted by Crippen LogP contribution is -2.54. The summed E-state index contributed by atoms with van der Waals surface area (Å²) in [5.41, 5.74) is 1.46. The number of hydrogen-bond acceptors (Lipinski definition) is 5. The van der Waals surface area contributed by atoms with Crippen LogP contribution in [0.4, 0.5) is 5.69 Å². The number of nitrogens with one attached hydrogen (secondary N) is 1. The van der Waals surface area contributed by atoms with Gasteiger partial charge in [0.2, 0.25) is 11.8 Å². The van der Waals surface area contributed by atoms with Crippen LogP contribution in [0.2, 0.25) is 10.0 Å². The van der Waals surface area contributed by atoms with Gasteiger partial charge < -0.3 is 15.0 Å².